The second-order valence-electron chi connectivity index (χ2n) is 6.78. The predicted molar refractivity (Wildman–Crippen MR) is 102 cm³/mol. The minimum Gasteiger partial charge on any atom is -0.465 e. The number of methoxy groups -OCH3 is 1. The second-order valence-corrected chi connectivity index (χ2v) is 6.78. The molecule has 1 fully saturated rings. The van der Waals surface area contributed by atoms with Crippen molar-refractivity contribution in [1.82, 2.24) is 9.80 Å². The van der Waals surface area contributed by atoms with Gasteiger partial charge in [-0.25, -0.2) is 9.18 Å². The van der Waals surface area contributed by atoms with Crippen molar-refractivity contribution in [3.8, 4) is 0 Å². The fourth-order valence-electron chi connectivity index (χ4n) is 3.20. The molecule has 1 N–H and O–H groups in total. The van der Waals surface area contributed by atoms with Crippen molar-refractivity contribution in [3.63, 3.8) is 0 Å². The van der Waals surface area contributed by atoms with Crippen LogP contribution in [0.5, 0.6) is 0 Å². The molecule has 28 heavy (non-hydrogen) atoms. The summed E-state index contributed by atoms with van der Waals surface area (Å²) in [6, 6.07) is 7.44. The highest BCUT2D eigenvalue weighted by Gasteiger charge is 2.22. The Labute approximate surface area is 163 Å². The number of carbonyl (C=O) groups is 2. The Morgan fingerprint density at radius 2 is 1.79 bits per heavy atom. The van der Waals surface area contributed by atoms with E-state index in [1.165, 1.54) is 19.2 Å². The standard InChI is InChI=1S/C20H24FN3O4/c1-14-18(20(26)27-2)11-17(28-14)12-23-7-9-24(10-8-23)13-19(25)22-16-5-3-15(21)4-6-16/h3-6,11H,7-10,12-13H2,1-2H3,(H,22,25). The van der Waals surface area contributed by atoms with Gasteiger partial charge in [0.25, 0.3) is 0 Å². The quantitative estimate of drug-likeness (QED) is 0.764. The van der Waals surface area contributed by atoms with Crippen molar-refractivity contribution < 1.29 is 23.1 Å². The van der Waals surface area contributed by atoms with E-state index < -0.39 is 5.97 Å². The highest BCUT2D eigenvalue weighted by molar-refractivity contribution is 5.92. The van der Waals surface area contributed by atoms with Crippen LogP contribution in [0.3, 0.4) is 0 Å². The molecule has 0 bridgehead atoms. The van der Waals surface area contributed by atoms with Crippen LogP contribution in [-0.2, 0) is 16.1 Å². The van der Waals surface area contributed by atoms with Gasteiger partial charge in [-0.1, -0.05) is 0 Å². The number of hydrogen-bond acceptors (Lipinski definition) is 6. The maximum Gasteiger partial charge on any atom is 0.341 e. The molecule has 1 saturated heterocycles. The zero-order valence-corrected chi connectivity index (χ0v) is 16.0. The number of benzene rings is 1. The number of rotatable bonds is 6. The highest BCUT2D eigenvalue weighted by atomic mass is 19.1. The minimum atomic E-state index is -0.399. The van der Waals surface area contributed by atoms with E-state index in [4.69, 9.17) is 9.15 Å². The molecule has 1 aliphatic rings. The topological polar surface area (TPSA) is 75.0 Å². The van der Waals surface area contributed by atoms with Gasteiger partial charge in [-0.05, 0) is 37.3 Å². The molecule has 1 aliphatic heterocycles. The third-order valence-corrected chi connectivity index (χ3v) is 4.71. The summed E-state index contributed by atoms with van der Waals surface area (Å²) in [4.78, 5) is 28.1. The normalized spacial score (nSPS) is 15.4. The molecule has 0 aliphatic carbocycles. The number of furan rings is 1. The van der Waals surface area contributed by atoms with Gasteiger partial charge in [0.15, 0.2) is 0 Å². The summed E-state index contributed by atoms with van der Waals surface area (Å²) in [5, 5.41) is 2.77. The Morgan fingerprint density at radius 3 is 2.43 bits per heavy atom. The Hall–Kier alpha value is -2.71. The van der Waals surface area contributed by atoms with Crippen LogP contribution < -0.4 is 5.32 Å². The number of carbonyl (C=O) groups excluding carboxylic acids is 2. The van der Waals surface area contributed by atoms with Gasteiger partial charge in [-0.15, -0.1) is 0 Å². The summed E-state index contributed by atoms with van der Waals surface area (Å²) in [5.74, 6) is 0.423. The van der Waals surface area contributed by atoms with Crippen molar-refractivity contribution in [2.75, 3.05) is 45.2 Å². The van der Waals surface area contributed by atoms with Crippen LogP contribution >= 0.6 is 0 Å². The third-order valence-electron chi connectivity index (χ3n) is 4.71. The number of piperazine rings is 1. The molecular weight excluding hydrogens is 365 g/mol. The van der Waals surface area contributed by atoms with Crippen molar-refractivity contribution in [3.05, 3.63) is 53.2 Å². The largest absolute Gasteiger partial charge is 0.465 e. The van der Waals surface area contributed by atoms with Gasteiger partial charge < -0.3 is 14.5 Å². The summed E-state index contributed by atoms with van der Waals surface area (Å²) >= 11 is 0. The fraction of sp³-hybridized carbons (Fsp3) is 0.400. The number of nitrogens with one attached hydrogen (secondary N) is 1. The van der Waals surface area contributed by atoms with Gasteiger partial charge in [0.1, 0.15) is 22.9 Å². The maximum atomic E-state index is 12.9. The predicted octanol–water partition coefficient (Wildman–Crippen LogP) is 2.27. The van der Waals surface area contributed by atoms with Crippen LogP contribution in [0, 0.1) is 12.7 Å². The molecule has 2 heterocycles. The maximum absolute atomic E-state index is 12.9. The third kappa shape index (κ3) is 5.17. The monoisotopic (exact) mass is 389 g/mol. The summed E-state index contributed by atoms with van der Waals surface area (Å²) in [5.41, 5.74) is 1.04. The average molecular weight is 389 g/mol. The second kappa shape index (κ2) is 8.99. The molecule has 0 spiro atoms. The van der Waals surface area contributed by atoms with E-state index in [9.17, 15) is 14.0 Å². The molecule has 3 rings (SSSR count). The van der Waals surface area contributed by atoms with Crippen LogP contribution in [0.1, 0.15) is 21.9 Å². The number of halogens is 1. The van der Waals surface area contributed by atoms with Crippen LogP contribution in [0.15, 0.2) is 34.7 Å². The summed E-state index contributed by atoms with van der Waals surface area (Å²) in [6.45, 7) is 5.72. The Kier molecular flexibility index (Phi) is 6.43. The summed E-state index contributed by atoms with van der Waals surface area (Å²) < 4.78 is 23.3. The molecule has 150 valence electrons. The lowest BCUT2D eigenvalue weighted by Gasteiger charge is -2.33. The van der Waals surface area contributed by atoms with Crippen LogP contribution in [0.2, 0.25) is 0 Å². The minimum absolute atomic E-state index is 0.121. The van der Waals surface area contributed by atoms with Crippen LogP contribution in [-0.4, -0.2) is 61.5 Å². The molecule has 1 aromatic heterocycles. The van der Waals surface area contributed by atoms with E-state index in [-0.39, 0.29) is 18.3 Å². The van der Waals surface area contributed by atoms with E-state index in [2.05, 4.69) is 15.1 Å². The van der Waals surface area contributed by atoms with Gasteiger partial charge in [0.05, 0.1) is 20.2 Å². The van der Waals surface area contributed by atoms with Crippen molar-refractivity contribution >= 4 is 17.6 Å². The summed E-state index contributed by atoms with van der Waals surface area (Å²) in [7, 11) is 1.35. The van der Waals surface area contributed by atoms with Crippen LogP contribution in [0.4, 0.5) is 10.1 Å². The van der Waals surface area contributed by atoms with E-state index in [1.807, 2.05) is 0 Å². The number of aryl methyl sites for hydroxylation is 1. The first kappa shape index (κ1) is 20.0. The number of anilines is 1. The van der Waals surface area contributed by atoms with E-state index >= 15 is 0 Å². The Morgan fingerprint density at radius 1 is 1.14 bits per heavy atom. The first-order valence-corrected chi connectivity index (χ1v) is 9.12. The van der Waals surface area contributed by atoms with Gasteiger partial charge in [-0.2, -0.15) is 0 Å². The average Bonchev–Trinajstić information content (AvgIpc) is 3.04. The smallest absolute Gasteiger partial charge is 0.341 e. The highest BCUT2D eigenvalue weighted by Crippen LogP contribution is 2.18. The van der Waals surface area contributed by atoms with E-state index in [1.54, 1.807) is 25.1 Å². The first-order valence-electron chi connectivity index (χ1n) is 9.12. The molecule has 1 aromatic carbocycles. The van der Waals surface area contributed by atoms with Crippen molar-refractivity contribution in [2.24, 2.45) is 0 Å². The van der Waals surface area contributed by atoms with Gasteiger partial charge in [-0.3, -0.25) is 14.6 Å². The number of esters is 1. The molecule has 7 nitrogen and oxygen atoms in total. The Balaban J connectivity index is 1.45. The van der Waals surface area contributed by atoms with Gasteiger partial charge >= 0.3 is 5.97 Å². The number of hydrogen-bond donors (Lipinski definition) is 1. The molecule has 0 atom stereocenters. The first-order chi connectivity index (χ1) is 13.4. The van der Waals surface area contributed by atoms with E-state index in [0.29, 0.717) is 23.6 Å². The molecule has 0 unspecified atom stereocenters. The fourth-order valence-corrected chi connectivity index (χ4v) is 3.20. The van der Waals surface area contributed by atoms with Crippen LogP contribution in [0.25, 0.3) is 0 Å². The number of nitrogens with zero attached hydrogens (tertiary/aromatic N) is 2. The zero-order valence-electron chi connectivity index (χ0n) is 16.0. The molecule has 0 saturated carbocycles. The van der Waals surface area contributed by atoms with Gasteiger partial charge in [0, 0.05) is 31.9 Å². The van der Waals surface area contributed by atoms with Crippen molar-refractivity contribution in [1.29, 1.82) is 0 Å². The number of amides is 1. The van der Waals surface area contributed by atoms with E-state index in [0.717, 1.165) is 31.9 Å². The van der Waals surface area contributed by atoms with Crippen molar-refractivity contribution in [2.45, 2.75) is 13.5 Å². The summed E-state index contributed by atoms with van der Waals surface area (Å²) in [6.07, 6.45) is 0. The lowest BCUT2D eigenvalue weighted by molar-refractivity contribution is -0.117. The molecular formula is C20H24FN3O4. The molecule has 2 aromatic rings. The zero-order chi connectivity index (χ0) is 20.1. The number of ether oxygens (including phenoxy) is 1. The lowest BCUT2D eigenvalue weighted by atomic mass is 10.2. The lowest BCUT2D eigenvalue weighted by Crippen LogP contribution is -2.48. The van der Waals surface area contributed by atoms with Gasteiger partial charge in [0.2, 0.25) is 5.91 Å². The molecule has 1 amide bonds. The Bertz CT molecular complexity index is 826. The SMILES string of the molecule is COC(=O)c1cc(CN2CCN(CC(=O)Nc3ccc(F)cc3)CC2)oc1C. The molecule has 8 heteroatoms. The molecule has 0 radical (unpaired) electrons.